The van der Waals surface area contributed by atoms with Crippen LogP contribution < -0.4 is 0 Å². The van der Waals surface area contributed by atoms with Gasteiger partial charge in [0.05, 0.1) is 4.32 Å². The predicted octanol–water partition coefficient (Wildman–Crippen LogP) is 2.31. The van der Waals surface area contributed by atoms with Crippen LogP contribution in [-0.2, 0) is 4.79 Å². The van der Waals surface area contributed by atoms with Crippen LogP contribution in [0.2, 0.25) is 0 Å². The lowest BCUT2D eigenvalue weighted by Gasteiger charge is -2.32. The second-order valence-corrected chi connectivity index (χ2v) is 5.68. The Labute approximate surface area is 80.3 Å². The maximum atomic E-state index is 11.9. The number of ketones is 1. The number of carbonyl (C=O) groups is 1. The molecule has 2 heteroatoms. The third-order valence-electron chi connectivity index (χ3n) is 3.79. The molecule has 3 aliphatic rings. The third kappa shape index (κ3) is 0.642. The molecule has 0 unspecified atom stereocenters. The van der Waals surface area contributed by atoms with Crippen molar-refractivity contribution in [2.75, 3.05) is 0 Å². The first-order valence-corrected chi connectivity index (χ1v) is 5.43. The summed E-state index contributed by atoms with van der Waals surface area (Å²) in [5.41, 5.74) is 0. The van der Waals surface area contributed by atoms with E-state index in [1.54, 1.807) is 0 Å². The second kappa shape index (κ2) is 2.03. The fourth-order valence-corrected chi connectivity index (χ4v) is 3.93. The fourth-order valence-electron chi connectivity index (χ4n) is 3.07. The molecular weight excluding hydrogens is 216 g/mol. The Morgan fingerprint density at radius 2 is 2.33 bits per heavy atom. The van der Waals surface area contributed by atoms with Gasteiger partial charge in [0.1, 0.15) is 0 Å². The van der Waals surface area contributed by atoms with E-state index in [0.717, 1.165) is 12.8 Å². The van der Waals surface area contributed by atoms with Crippen LogP contribution >= 0.6 is 15.9 Å². The van der Waals surface area contributed by atoms with E-state index in [2.05, 4.69) is 28.1 Å². The summed E-state index contributed by atoms with van der Waals surface area (Å²) >= 11 is 3.65. The van der Waals surface area contributed by atoms with E-state index in [0.29, 0.717) is 23.5 Å². The van der Waals surface area contributed by atoms with Gasteiger partial charge < -0.3 is 0 Å². The number of hydrogen-bond donors (Lipinski definition) is 0. The molecule has 0 N–H and O–H groups in total. The standard InChI is InChI=1S/C10H11BrO/c11-10-4-3-8(9(10)12)6-1-2-7(10)5-6/h1-2,6-8H,3-5H2/t6-,7+,8-,10-/m0/s1. The molecule has 0 aliphatic heterocycles. The number of rotatable bonds is 0. The number of carbonyl (C=O) groups excluding carboxylic acids is 1. The largest absolute Gasteiger partial charge is 0.298 e. The minimum Gasteiger partial charge on any atom is -0.298 e. The first kappa shape index (κ1) is 7.31. The van der Waals surface area contributed by atoms with E-state index in [9.17, 15) is 4.79 Å². The number of hydrogen-bond acceptors (Lipinski definition) is 1. The SMILES string of the molecule is O=C1[C@H]2CC[C@]1(Br)[C@@H]1C=C[C@H]2C1. The summed E-state index contributed by atoms with van der Waals surface area (Å²) in [6.45, 7) is 0. The molecule has 4 bridgehead atoms. The quantitative estimate of drug-likeness (QED) is 0.458. The van der Waals surface area contributed by atoms with Gasteiger partial charge in [-0.3, -0.25) is 4.79 Å². The zero-order chi connectivity index (χ0) is 8.34. The molecule has 64 valence electrons. The molecule has 0 aromatic rings. The Hall–Kier alpha value is -0.110. The zero-order valence-corrected chi connectivity index (χ0v) is 8.38. The Bertz CT molecular complexity index is 284. The second-order valence-electron chi connectivity index (χ2n) is 4.26. The van der Waals surface area contributed by atoms with Crippen molar-refractivity contribution in [3.8, 4) is 0 Å². The molecule has 0 radical (unpaired) electrons. The fraction of sp³-hybridized carbons (Fsp3) is 0.700. The summed E-state index contributed by atoms with van der Waals surface area (Å²) in [4.78, 5) is 11.9. The van der Waals surface area contributed by atoms with Crippen molar-refractivity contribution < 1.29 is 4.79 Å². The van der Waals surface area contributed by atoms with Crippen LogP contribution in [0.4, 0.5) is 0 Å². The van der Waals surface area contributed by atoms with Gasteiger partial charge in [-0.25, -0.2) is 0 Å². The van der Waals surface area contributed by atoms with E-state index in [1.807, 2.05) is 0 Å². The molecule has 0 amide bonds. The lowest BCUT2D eigenvalue weighted by atomic mass is 9.77. The Morgan fingerprint density at radius 3 is 3.17 bits per heavy atom. The van der Waals surface area contributed by atoms with Crippen molar-refractivity contribution >= 4 is 21.7 Å². The molecule has 2 saturated carbocycles. The maximum Gasteiger partial charge on any atom is 0.153 e. The van der Waals surface area contributed by atoms with Crippen molar-refractivity contribution in [2.45, 2.75) is 23.6 Å². The molecule has 3 aliphatic carbocycles. The lowest BCUT2D eigenvalue weighted by molar-refractivity contribution is -0.125. The Kier molecular flexibility index (Phi) is 1.24. The monoisotopic (exact) mass is 226 g/mol. The van der Waals surface area contributed by atoms with E-state index in [4.69, 9.17) is 0 Å². The van der Waals surface area contributed by atoms with Crippen molar-refractivity contribution in [3.63, 3.8) is 0 Å². The highest BCUT2D eigenvalue weighted by Gasteiger charge is 2.58. The molecule has 0 heterocycles. The minimum absolute atomic E-state index is 0.152. The third-order valence-corrected chi connectivity index (χ3v) is 5.16. The van der Waals surface area contributed by atoms with Gasteiger partial charge in [-0.2, -0.15) is 0 Å². The van der Waals surface area contributed by atoms with Gasteiger partial charge in [0, 0.05) is 5.92 Å². The summed E-state index contributed by atoms with van der Waals surface area (Å²) < 4.78 is -0.152. The smallest absolute Gasteiger partial charge is 0.153 e. The average Bonchev–Trinajstić information content (AvgIpc) is 2.53. The zero-order valence-electron chi connectivity index (χ0n) is 6.79. The molecule has 0 aromatic carbocycles. The van der Waals surface area contributed by atoms with Crippen LogP contribution in [0.25, 0.3) is 0 Å². The highest BCUT2D eigenvalue weighted by Crippen LogP contribution is 2.56. The molecule has 1 nitrogen and oxygen atoms in total. The topological polar surface area (TPSA) is 17.1 Å². The van der Waals surface area contributed by atoms with Crippen molar-refractivity contribution in [1.29, 1.82) is 0 Å². The number of Topliss-reactive ketones (excluding diaryl/α,β-unsaturated/α-hetero) is 1. The minimum atomic E-state index is -0.152. The van der Waals surface area contributed by atoms with Crippen molar-refractivity contribution in [1.82, 2.24) is 0 Å². The van der Waals surface area contributed by atoms with E-state index in [-0.39, 0.29) is 4.32 Å². The van der Waals surface area contributed by atoms with E-state index < -0.39 is 0 Å². The number of halogens is 1. The maximum absolute atomic E-state index is 11.9. The molecule has 2 fully saturated rings. The van der Waals surface area contributed by atoms with Crippen LogP contribution in [0, 0.1) is 17.8 Å². The first-order chi connectivity index (χ1) is 5.72. The Balaban J connectivity index is 2.14. The number of alkyl halides is 1. The van der Waals surface area contributed by atoms with Gasteiger partial charge in [0.25, 0.3) is 0 Å². The van der Waals surface area contributed by atoms with E-state index >= 15 is 0 Å². The van der Waals surface area contributed by atoms with Crippen LogP contribution in [-0.4, -0.2) is 10.1 Å². The predicted molar refractivity (Wildman–Crippen MR) is 50.1 cm³/mol. The van der Waals surface area contributed by atoms with Gasteiger partial charge in [0.15, 0.2) is 5.78 Å². The summed E-state index contributed by atoms with van der Waals surface area (Å²) in [7, 11) is 0. The number of fused-ring (bicyclic) bond motifs is 6. The van der Waals surface area contributed by atoms with Gasteiger partial charge >= 0.3 is 0 Å². The highest BCUT2D eigenvalue weighted by atomic mass is 79.9. The summed E-state index contributed by atoms with van der Waals surface area (Å²) in [5.74, 6) is 1.90. The van der Waals surface area contributed by atoms with Crippen molar-refractivity contribution in [3.05, 3.63) is 12.2 Å². The number of allylic oxidation sites excluding steroid dienone is 2. The highest BCUT2D eigenvalue weighted by molar-refractivity contribution is 9.10. The molecule has 0 aromatic heterocycles. The molecule has 3 rings (SSSR count). The average molecular weight is 227 g/mol. The van der Waals surface area contributed by atoms with Crippen LogP contribution in [0.3, 0.4) is 0 Å². The Morgan fingerprint density at radius 1 is 1.50 bits per heavy atom. The molecular formula is C10H11BrO. The summed E-state index contributed by atoms with van der Waals surface area (Å²) in [6, 6.07) is 0. The summed E-state index contributed by atoms with van der Waals surface area (Å²) in [6.07, 6.45) is 7.88. The van der Waals surface area contributed by atoms with Crippen molar-refractivity contribution in [2.24, 2.45) is 17.8 Å². The molecule has 0 spiro atoms. The lowest BCUT2D eigenvalue weighted by Crippen LogP contribution is -2.41. The summed E-state index contributed by atoms with van der Waals surface area (Å²) in [5, 5.41) is 0. The molecule has 0 saturated heterocycles. The van der Waals surface area contributed by atoms with Gasteiger partial charge in [-0.15, -0.1) is 0 Å². The van der Waals surface area contributed by atoms with Gasteiger partial charge in [-0.1, -0.05) is 28.1 Å². The first-order valence-electron chi connectivity index (χ1n) is 4.63. The van der Waals surface area contributed by atoms with Crippen LogP contribution in [0.1, 0.15) is 19.3 Å². The van der Waals surface area contributed by atoms with Gasteiger partial charge in [0.2, 0.25) is 0 Å². The van der Waals surface area contributed by atoms with Crippen LogP contribution in [0.5, 0.6) is 0 Å². The molecule has 4 atom stereocenters. The van der Waals surface area contributed by atoms with Crippen LogP contribution in [0.15, 0.2) is 12.2 Å². The molecule has 12 heavy (non-hydrogen) atoms. The normalized spacial score (nSPS) is 55.1. The van der Waals surface area contributed by atoms with Gasteiger partial charge in [-0.05, 0) is 31.1 Å². The van der Waals surface area contributed by atoms with E-state index in [1.165, 1.54) is 6.42 Å².